The fourth-order valence-corrected chi connectivity index (χ4v) is 7.41. The second-order valence-electron chi connectivity index (χ2n) is 6.88. The topological polar surface area (TPSA) is 52.6 Å². The SMILES string of the molecule is CCC[CH2][In]([O]C(=O)C(C)(C)C)[O]C(=O)C(C)(C)C. The molecule has 0 aliphatic carbocycles. The van der Waals surface area contributed by atoms with E-state index in [9.17, 15) is 9.59 Å². The van der Waals surface area contributed by atoms with Crippen LogP contribution in [0.25, 0.3) is 0 Å². The van der Waals surface area contributed by atoms with Crippen molar-refractivity contribution in [3.63, 3.8) is 0 Å². The summed E-state index contributed by atoms with van der Waals surface area (Å²) in [4.78, 5) is 23.8. The molecule has 0 unspecified atom stereocenters. The van der Waals surface area contributed by atoms with Gasteiger partial charge in [0.1, 0.15) is 0 Å². The van der Waals surface area contributed by atoms with E-state index in [1.54, 1.807) is 0 Å². The standard InChI is InChI=1S/2C5H10O2.C4H9.In/c2*1-5(2,3)4(6)7;1-3-4-2;/h2*1-3H3,(H,6,7);1,3-4H2,2H3;/q;;;+2/p-2. The molecular formula is C14H27InO4. The molecule has 0 aromatic carbocycles. The molecule has 0 aliphatic heterocycles. The number of carbonyl (C=O) groups excluding carboxylic acids is 2. The van der Waals surface area contributed by atoms with Crippen molar-refractivity contribution in [2.45, 2.75) is 65.5 Å². The number of carbonyl (C=O) groups is 2. The van der Waals surface area contributed by atoms with Crippen LogP contribution in [0.1, 0.15) is 61.3 Å². The number of hydrogen-bond donors (Lipinski definition) is 0. The van der Waals surface area contributed by atoms with Gasteiger partial charge in [-0.15, -0.1) is 0 Å². The summed E-state index contributed by atoms with van der Waals surface area (Å²) in [7, 11) is 0. The van der Waals surface area contributed by atoms with Crippen molar-refractivity contribution in [1.82, 2.24) is 0 Å². The fourth-order valence-electron chi connectivity index (χ4n) is 1.11. The number of unbranched alkanes of at least 4 members (excludes halogenated alkanes) is 1. The van der Waals surface area contributed by atoms with Crippen molar-refractivity contribution in [1.29, 1.82) is 0 Å². The Morgan fingerprint density at radius 3 is 1.53 bits per heavy atom. The molecule has 0 rings (SSSR count). The normalized spacial score (nSPS) is 11.9. The monoisotopic (exact) mass is 374 g/mol. The molecule has 0 saturated carbocycles. The molecule has 0 aliphatic rings. The van der Waals surface area contributed by atoms with Crippen LogP contribution >= 0.6 is 0 Å². The van der Waals surface area contributed by atoms with E-state index in [4.69, 9.17) is 5.71 Å². The fraction of sp³-hybridized carbons (Fsp3) is 0.857. The average molecular weight is 374 g/mol. The molecule has 0 aromatic rings. The van der Waals surface area contributed by atoms with Crippen LogP contribution in [0.3, 0.4) is 0 Å². The molecule has 0 spiro atoms. The maximum absolute atomic E-state index is 11.9. The van der Waals surface area contributed by atoms with Gasteiger partial charge >= 0.3 is 126 Å². The Morgan fingerprint density at radius 2 is 1.26 bits per heavy atom. The van der Waals surface area contributed by atoms with E-state index in [1.165, 1.54) is 0 Å². The molecule has 5 heteroatoms. The molecule has 0 fully saturated rings. The van der Waals surface area contributed by atoms with Gasteiger partial charge in [0.2, 0.25) is 0 Å². The molecule has 4 nitrogen and oxygen atoms in total. The first-order valence-corrected chi connectivity index (χ1v) is 11.9. The molecule has 0 N–H and O–H groups in total. The Labute approximate surface area is 126 Å². The van der Waals surface area contributed by atoms with E-state index in [1.807, 2.05) is 41.5 Å². The molecule has 0 radical (unpaired) electrons. The zero-order valence-electron chi connectivity index (χ0n) is 13.3. The van der Waals surface area contributed by atoms with Gasteiger partial charge in [-0.25, -0.2) is 0 Å². The molecule has 0 bridgehead atoms. The van der Waals surface area contributed by atoms with Crippen molar-refractivity contribution >= 4 is 34.2 Å². The summed E-state index contributed by atoms with van der Waals surface area (Å²) in [6, 6.07) is 0. The van der Waals surface area contributed by atoms with Gasteiger partial charge in [-0.3, -0.25) is 0 Å². The number of rotatable bonds is 5. The molecule has 0 atom stereocenters. The van der Waals surface area contributed by atoms with E-state index in [0.29, 0.717) is 0 Å². The summed E-state index contributed by atoms with van der Waals surface area (Å²) in [5, 5.41) is 0. The molecule has 0 saturated heterocycles. The van der Waals surface area contributed by atoms with Gasteiger partial charge in [-0.05, 0) is 0 Å². The van der Waals surface area contributed by atoms with Crippen LogP contribution in [0.4, 0.5) is 0 Å². The van der Waals surface area contributed by atoms with Gasteiger partial charge in [0.15, 0.2) is 0 Å². The third-order valence-electron chi connectivity index (χ3n) is 2.50. The van der Waals surface area contributed by atoms with Crippen LogP contribution in [0.15, 0.2) is 0 Å². The van der Waals surface area contributed by atoms with E-state index >= 15 is 0 Å². The van der Waals surface area contributed by atoms with Crippen LogP contribution in [-0.4, -0.2) is 34.2 Å². The molecule has 110 valence electrons. The van der Waals surface area contributed by atoms with Crippen LogP contribution in [-0.2, 0) is 15.3 Å². The first-order chi connectivity index (χ1) is 8.48. The maximum atomic E-state index is 11.9. The van der Waals surface area contributed by atoms with E-state index < -0.39 is 33.1 Å². The van der Waals surface area contributed by atoms with Gasteiger partial charge in [0.05, 0.1) is 0 Å². The summed E-state index contributed by atoms with van der Waals surface area (Å²) in [5.74, 6) is -0.516. The Kier molecular flexibility index (Phi) is 7.48. The molecule has 0 amide bonds. The third kappa shape index (κ3) is 7.85. The zero-order chi connectivity index (χ0) is 15.3. The predicted molar refractivity (Wildman–Crippen MR) is 76.6 cm³/mol. The van der Waals surface area contributed by atoms with Gasteiger partial charge < -0.3 is 0 Å². The zero-order valence-corrected chi connectivity index (χ0v) is 16.6. The van der Waals surface area contributed by atoms with Crippen molar-refractivity contribution < 1.29 is 15.3 Å². The van der Waals surface area contributed by atoms with Crippen LogP contribution in [0.5, 0.6) is 0 Å². The van der Waals surface area contributed by atoms with Gasteiger partial charge in [0.25, 0.3) is 0 Å². The van der Waals surface area contributed by atoms with Gasteiger partial charge in [-0.2, -0.15) is 0 Å². The summed E-state index contributed by atoms with van der Waals surface area (Å²) in [5.41, 5.74) is -1.09. The minimum atomic E-state index is -3.03. The average Bonchev–Trinajstić information content (AvgIpc) is 2.22. The van der Waals surface area contributed by atoms with Crippen molar-refractivity contribution in [2.24, 2.45) is 10.8 Å². The van der Waals surface area contributed by atoms with Crippen LogP contribution in [0.2, 0.25) is 4.18 Å². The third-order valence-corrected chi connectivity index (χ3v) is 7.73. The molecule has 0 heterocycles. The van der Waals surface area contributed by atoms with Crippen molar-refractivity contribution in [2.75, 3.05) is 0 Å². The van der Waals surface area contributed by atoms with E-state index in [-0.39, 0.29) is 11.9 Å². The Balaban J connectivity index is 4.65. The number of hydrogen-bond acceptors (Lipinski definition) is 4. The van der Waals surface area contributed by atoms with Gasteiger partial charge in [-0.1, -0.05) is 0 Å². The van der Waals surface area contributed by atoms with Crippen molar-refractivity contribution in [3.8, 4) is 0 Å². The summed E-state index contributed by atoms with van der Waals surface area (Å²) in [6.45, 7) is 12.9. The summed E-state index contributed by atoms with van der Waals surface area (Å²) < 4.78 is 11.8. The molecular weight excluding hydrogens is 347 g/mol. The second kappa shape index (κ2) is 7.55. The van der Waals surface area contributed by atoms with E-state index in [0.717, 1.165) is 17.0 Å². The minimum absolute atomic E-state index is 0.258. The molecule has 0 aromatic heterocycles. The Morgan fingerprint density at radius 1 is 0.895 bits per heavy atom. The second-order valence-corrected chi connectivity index (χ2v) is 12.3. The van der Waals surface area contributed by atoms with Gasteiger partial charge in [0, 0.05) is 0 Å². The summed E-state index contributed by atoms with van der Waals surface area (Å²) in [6.07, 6.45) is 1.95. The molecule has 19 heavy (non-hydrogen) atoms. The van der Waals surface area contributed by atoms with Crippen LogP contribution < -0.4 is 0 Å². The predicted octanol–water partition coefficient (Wildman–Crippen LogP) is 3.45. The van der Waals surface area contributed by atoms with Crippen molar-refractivity contribution in [3.05, 3.63) is 0 Å². The Bertz CT molecular complexity index is 284. The quantitative estimate of drug-likeness (QED) is 0.740. The Hall–Kier alpha value is -0.190. The summed E-state index contributed by atoms with van der Waals surface area (Å²) >= 11 is -3.03. The first kappa shape index (κ1) is 18.8. The first-order valence-electron chi connectivity index (χ1n) is 6.90. The van der Waals surface area contributed by atoms with Crippen LogP contribution in [0, 0.1) is 10.8 Å². The van der Waals surface area contributed by atoms with E-state index in [2.05, 4.69) is 6.92 Å².